The molecule has 3 fully saturated rings. The largest absolute Gasteiger partial charge is 0.486 e. The first-order chi connectivity index (χ1) is 31.7. The molecule has 2 aromatic heterocycles. The predicted molar refractivity (Wildman–Crippen MR) is 250 cm³/mol. The summed E-state index contributed by atoms with van der Waals surface area (Å²) in [4.78, 5) is 39.3. The van der Waals surface area contributed by atoms with Gasteiger partial charge in [-0.25, -0.2) is 22.5 Å². The van der Waals surface area contributed by atoms with Crippen LogP contribution in [0.4, 0.5) is 15.8 Å². The zero-order chi connectivity index (χ0) is 46.2. The normalized spacial score (nSPS) is 21.5. The minimum absolute atomic E-state index is 0.000830. The van der Waals surface area contributed by atoms with Crippen molar-refractivity contribution in [2.24, 2.45) is 11.3 Å². The number of nitrogens with one attached hydrogen (secondary N) is 2. The summed E-state index contributed by atoms with van der Waals surface area (Å²) >= 11 is 6.24. The molecule has 0 bridgehead atoms. The van der Waals surface area contributed by atoms with Crippen molar-refractivity contribution in [3.8, 4) is 17.2 Å². The number of carbonyl (C=O) groups is 1. The number of amides is 1. The molecule has 3 atom stereocenters. The fourth-order valence-electron chi connectivity index (χ4n) is 9.46. The molecule has 18 heteroatoms. The maximum absolute atomic E-state index is 14.0. The molecule has 0 spiro atoms. The van der Waals surface area contributed by atoms with Crippen LogP contribution in [0.2, 0.25) is 5.02 Å². The van der Waals surface area contributed by atoms with Crippen LogP contribution < -0.4 is 19.1 Å². The number of H-pyrrole nitrogens is 1. The standard InChI is InChI=1S/C48H53ClFN7O8S/c1-48(2)14-11-34(40(24-48)32-3-5-35(49)6-4-32)28-54-17-19-55(20-18-54)36-7-9-39(44(22-36)65-37-21-33-12-15-51-46(33)52-26-37)47(58)53-66(61,62)38-8-10-43(41(23-38)57(59)60)63-29-31-13-16-56(27-31)42-30-64-45(42)25-50/h3-10,12,15,21-23,26,31,42,45H,11,13-14,16-20,24-25,27-30H2,1-2H3,(H,51,52)(H,53,58). The van der Waals surface area contributed by atoms with Crippen molar-refractivity contribution in [2.75, 3.05) is 70.6 Å². The Kier molecular flexibility index (Phi) is 13.1. The summed E-state index contributed by atoms with van der Waals surface area (Å²) in [6, 6.07) is 20.0. The van der Waals surface area contributed by atoms with E-state index in [9.17, 15) is 27.7 Å². The molecule has 3 aromatic carbocycles. The van der Waals surface area contributed by atoms with E-state index < -0.39 is 44.2 Å². The number of likely N-dealkylation sites (tertiary alicyclic amines) is 1. The number of rotatable bonds is 15. The van der Waals surface area contributed by atoms with Gasteiger partial charge < -0.3 is 24.1 Å². The molecule has 3 aliphatic heterocycles. The van der Waals surface area contributed by atoms with Crippen LogP contribution in [0.3, 0.4) is 0 Å². The predicted octanol–water partition coefficient (Wildman–Crippen LogP) is 8.26. The number of alkyl halides is 1. The number of aromatic amines is 1. The zero-order valence-electron chi connectivity index (χ0n) is 36.9. The third-order valence-corrected chi connectivity index (χ3v) is 14.9. The molecule has 1 amide bonds. The topological polar surface area (TPSA) is 172 Å². The number of allylic oxidation sites excluding steroid dienone is 1. The van der Waals surface area contributed by atoms with E-state index in [4.69, 9.17) is 25.8 Å². The molecule has 0 saturated carbocycles. The Bertz CT molecular complexity index is 2760. The second-order valence-electron chi connectivity index (χ2n) is 18.4. The smallest absolute Gasteiger partial charge is 0.312 e. The van der Waals surface area contributed by atoms with Crippen LogP contribution in [-0.4, -0.2) is 117 Å². The van der Waals surface area contributed by atoms with Gasteiger partial charge in [-0.1, -0.05) is 43.2 Å². The highest BCUT2D eigenvalue weighted by atomic mass is 35.5. The number of nitrogens with zero attached hydrogens (tertiary/aromatic N) is 5. The second kappa shape index (κ2) is 19.0. The Balaban J connectivity index is 0.900. The SMILES string of the molecule is CC1(C)CCC(CN2CCN(c3ccc(C(=O)NS(=O)(=O)c4ccc(OCC5CCN(C6COC6CF)C5)c([N+](=O)[O-])c4)c(Oc4cnc5[nH]ccc5c4)c3)CC2)=C(c2ccc(Cl)cc2)C1. The summed E-state index contributed by atoms with van der Waals surface area (Å²) in [7, 11) is -4.63. The van der Waals surface area contributed by atoms with Crippen molar-refractivity contribution in [1.29, 1.82) is 0 Å². The number of halogens is 2. The van der Waals surface area contributed by atoms with Crippen molar-refractivity contribution in [2.45, 2.75) is 56.6 Å². The maximum Gasteiger partial charge on any atom is 0.312 e. The highest BCUT2D eigenvalue weighted by Crippen LogP contribution is 2.44. The van der Waals surface area contributed by atoms with Gasteiger partial charge in [0.1, 0.15) is 29.9 Å². The van der Waals surface area contributed by atoms with Crippen molar-refractivity contribution in [3.63, 3.8) is 0 Å². The lowest BCUT2D eigenvalue weighted by Crippen LogP contribution is -2.56. The molecule has 4 aliphatic rings. The highest BCUT2D eigenvalue weighted by Gasteiger charge is 2.40. The number of piperazine rings is 1. The molecule has 0 radical (unpaired) electrons. The third kappa shape index (κ3) is 10.0. The summed E-state index contributed by atoms with van der Waals surface area (Å²) in [5, 5.41) is 13.7. The number of pyridine rings is 1. The number of nitro benzene ring substituents is 1. The van der Waals surface area contributed by atoms with Crippen molar-refractivity contribution in [1.82, 2.24) is 24.5 Å². The summed E-state index contributed by atoms with van der Waals surface area (Å²) in [6.07, 6.45) is 6.74. The lowest BCUT2D eigenvalue weighted by molar-refractivity contribution is -0.386. The van der Waals surface area contributed by atoms with E-state index in [0.717, 1.165) is 74.0 Å². The van der Waals surface area contributed by atoms with E-state index in [2.05, 4.69) is 55.4 Å². The van der Waals surface area contributed by atoms with Gasteiger partial charge in [-0.15, -0.1) is 0 Å². The Morgan fingerprint density at radius 3 is 2.59 bits per heavy atom. The van der Waals surface area contributed by atoms with Crippen molar-refractivity contribution < 1.29 is 36.7 Å². The Hall–Kier alpha value is -5.59. The summed E-state index contributed by atoms with van der Waals surface area (Å²) in [6.45, 7) is 9.97. The molecule has 9 rings (SSSR count). The molecule has 348 valence electrons. The van der Waals surface area contributed by atoms with Crippen LogP contribution >= 0.6 is 11.6 Å². The van der Waals surface area contributed by atoms with Crippen LogP contribution in [0, 0.1) is 21.4 Å². The van der Waals surface area contributed by atoms with Crippen molar-refractivity contribution >= 4 is 55.5 Å². The number of ether oxygens (including phenoxy) is 3. The molecule has 66 heavy (non-hydrogen) atoms. The summed E-state index contributed by atoms with van der Waals surface area (Å²) in [5.74, 6) is -0.618. The van der Waals surface area contributed by atoms with Gasteiger partial charge in [0, 0.05) is 79.6 Å². The Morgan fingerprint density at radius 1 is 1.05 bits per heavy atom. The van der Waals surface area contributed by atoms with E-state index in [-0.39, 0.29) is 41.0 Å². The first kappa shape index (κ1) is 45.6. The fourth-order valence-corrected chi connectivity index (χ4v) is 10.6. The number of fused-ring (bicyclic) bond motifs is 1. The van der Waals surface area contributed by atoms with Crippen LogP contribution in [0.25, 0.3) is 16.6 Å². The monoisotopic (exact) mass is 941 g/mol. The van der Waals surface area contributed by atoms with E-state index >= 15 is 0 Å². The molecule has 1 aliphatic carbocycles. The quantitative estimate of drug-likeness (QED) is 0.0762. The molecule has 5 aromatic rings. The number of hydrogen-bond donors (Lipinski definition) is 2. The van der Waals surface area contributed by atoms with Gasteiger partial charge in [-0.05, 0) is 97.3 Å². The summed E-state index contributed by atoms with van der Waals surface area (Å²) < 4.78 is 60.3. The average Bonchev–Trinajstić information content (AvgIpc) is 3.96. The second-order valence-corrected chi connectivity index (χ2v) is 20.6. The fraction of sp³-hybridized carbons (Fsp3) is 0.417. The molecule has 2 N–H and O–H groups in total. The molecule has 3 unspecified atom stereocenters. The van der Waals surface area contributed by atoms with E-state index in [1.807, 2.05) is 18.2 Å². The maximum atomic E-state index is 14.0. The lowest BCUT2D eigenvalue weighted by atomic mass is 9.72. The minimum atomic E-state index is -4.63. The van der Waals surface area contributed by atoms with E-state index in [1.165, 1.54) is 41.1 Å². The number of anilines is 1. The van der Waals surface area contributed by atoms with Gasteiger partial charge >= 0.3 is 5.69 Å². The third-order valence-electron chi connectivity index (χ3n) is 13.3. The van der Waals surface area contributed by atoms with Gasteiger partial charge in [0.05, 0.1) is 40.8 Å². The van der Waals surface area contributed by atoms with Crippen LogP contribution in [-0.2, 0) is 14.8 Å². The number of nitro groups is 1. The minimum Gasteiger partial charge on any atom is -0.486 e. The molecule has 15 nitrogen and oxygen atoms in total. The number of benzene rings is 3. The number of hydrogen-bond acceptors (Lipinski definition) is 12. The molecular formula is C48H53ClFN7O8S. The van der Waals surface area contributed by atoms with E-state index in [0.29, 0.717) is 37.6 Å². The first-order valence-electron chi connectivity index (χ1n) is 22.3. The number of sulfonamides is 1. The lowest BCUT2D eigenvalue weighted by Gasteiger charge is -2.41. The highest BCUT2D eigenvalue weighted by molar-refractivity contribution is 7.90. The van der Waals surface area contributed by atoms with E-state index in [1.54, 1.807) is 24.4 Å². The summed E-state index contributed by atoms with van der Waals surface area (Å²) in [5.41, 5.74) is 5.10. The molecule has 5 heterocycles. The zero-order valence-corrected chi connectivity index (χ0v) is 38.5. The van der Waals surface area contributed by atoms with Crippen LogP contribution in [0.1, 0.15) is 55.5 Å². The Morgan fingerprint density at radius 2 is 1.85 bits per heavy atom. The average molecular weight is 943 g/mol. The number of carbonyl (C=O) groups excluding carboxylic acids is 1. The van der Waals surface area contributed by atoms with Gasteiger partial charge in [-0.3, -0.25) is 24.7 Å². The van der Waals surface area contributed by atoms with Gasteiger partial charge in [0.15, 0.2) is 5.75 Å². The molecular weight excluding hydrogens is 889 g/mol. The van der Waals surface area contributed by atoms with Crippen molar-refractivity contribution in [3.05, 3.63) is 117 Å². The Labute approximate surface area is 388 Å². The van der Waals surface area contributed by atoms with Gasteiger partial charge in [0.25, 0.3) is 15.9 Å². The van der Waals surface area contributed by atoms with Gasteiger partial charge in [-0.2, -0.15) is 0 Å². The molecule has 3 saturated heterocycles. The first-order valence-corrected chi connectivity index (χ1v) is 24.2. The van der Waals surface area contributed by atoms with Gasteiger partial charge in [0.2, 0.25) is 0 Å². The van der Waals surface area contributed by atoms with Crippen LogP contribution in [0.5, 0.6) is 17.2 Å². The number of aromatic nitrogens is 2. The van der Waals surface area contributed by atoms with Crippen LogP contribution in [0.15, 0.2) is 95.7 Å².